The van der Waals surface area contributed by atoms with Gasteiger partial charge in [0.15, 0.2) is 0 Å². The fourth-order valence-corrected chi connectivity index (χ4v) is 2.98. The number of aromatic nitrogens is 1. The summed E-state index contributed by atoms with van der Waals surface area (Å²) in [5, 5.41) is 0.523. The molecule has 2 heterocycles. The molecule has 1 aliphatic rings. The van der Waals surface area contributed by atoms with Crippen LogP contribution in [0.3, 0.4) is 0 Å². The lowest BCUT2D eigenvalue weighted by atomic mass is 10.3. The number of rotatable bonds is 1. The lowest BCUT2D eigenvalue weighted by Crippen LogP contribution is -2.41. The summed E-state index contributed by atoms with van der Waals surface area (Å²) in [6.45, 7) is 3.82. The molecule has 1 aromatic rings. The molecule has 5 heteroatoms. The van der Waals surface area contributed by atoms with Gasteiger partial charge in [-0.3, -0.25) is 4.79 Å². The first kappa shape index (κ1) is 11.4. The number of anilines is 1. The molecule has 1 unspecified atom stereocenters. The Labute approximate surface area is 99.8 Å². The Balaban J connectivity index is 2.15. The van der Waals surface area contributed by atoms with E-state index in [0.717, 1.165) is 18.8 Å². The van der Waals surface area contributed by atoms with Gasteiger partial charge < -0.3 is 15.2 Å². The van der Waals surface area contributed by atoms with Crippen LogP contribution in [0.25, 0.3) is 0 Å². The number of carbonyl (C=O) groups excluding carboxylic acids is 1. The van der Waals surface area contributed by atoms with Crippen LogP contribution in [-0.4, -0.2) is 39.5 Å². The van der Waals surface area contributed by atoms with Crippen molar-refractivity contribution >= 4 is 23.4 Å². The number of nitrogens with zero attached hydrogens (tertiary/aromatic N) is 2. The molecule has 0 spiro atoms. The monoisotopic (exact) mass is 239 g/mol. The second-order valence-electron chi connectivity index (χ2n) is 4.20. The number of hydrogen-bond donors (Lipinski definition) is 1. The minimum atomic E-state index is 0.0892. The molecule has 0 aliphatic carbocycles. The Morgan fingerprint density at radius 3 is 2.94 bits per heavy atom. The lowest BCUT2D eigenvalue weighted by molar-refractivity contribution is 0.0753. The maximum atomic E-state index is 12.2. The normalized spacial score (nSPS) is 21.1. The summed E-state index contributed by atoms with van der Waals surface area (Å²) in [4.78, 5) is 14.1. The Bertz CT molecular complexity index is 402. The van der Waals surface area contributed by atoms with Crippen LogP contribution in [0.15, 0.2) is 12.3 Å². The van der Waals surface area contributed by atoms with Crippen molar-refractivity contribution in [3.8, 4) is 0 Å². The number of carbonyl (C=O) groups is 1. The Kier molecular flexibility index (Phi) is 3.14. The first-order valence-corrected chi connectivity index (χ1v) is 6.45. The largest absolute Gasteiger partial charge is 0.397 e. The molecule has 2 rings (SSSR count). The quantitative estimate of drug-likeness (QED) is 0.801. The van der Waals surface area contributed by atoms with Crippen LogP contribution in [0, 0.1) is 0 Å². The number of hydrogen-bond acceptors (Lipinski definition) is 3. The Hall–Kier alpha value is -1.10. The molecule has 4 nitrogen and oxygen atoms in total. The van der Waals surface area contributed by atoms with E-state index in [1.54, 1.807) is 16.8 Å². The first-order chi connectivity index (χ1) is 7.58. The van der Waals surface area contributed by atoms with Gasteiger partial charge >= 0.3 is 0 Å². The van der Waals surface area contributed by atoms with Crippen molar-refractivity contribution in [2.24, 2.45) is 7.05 Å². The van der Waals surface area contributed by atoms with E-state index >= 15 is 0 Å². The maximum Gasteiger partial charge on any atom is 0.270 e. The van der Waals surface area contributed by atoms with Crippen LogP contribution in [0.1, 0.15) is 17.4 Å². The molecule has 0 saturated carbocycles. The van der Waals surface area contributed by atoms with Gasteiger partial charge in [0.05, 0.1) is 5.69 Å². The molecule has 1 saturated heterocycles. The summed E-state index contributed by atoms with van der Waals surface area (Å²) < 4.78 is 1.80. The van der Waals surface area contributed by atoms with Crippen molar-refractivity contribution in [2.45, 2.75) is 12.2 Å². The fourth-order valence-electron chi connectivity index (χ4n) is 1.97. The summed E-state index contributed by atoms with van der Waals surface area (Å²) in [6.07, 6.45) is 1.77. The molecule has 2 N–H and O–H groups in total. The molecular weight excluding hydrogens is 222 g/mol. The highest BCUT2D eigenvalue weighted by atomic mass is 32.2. The van der Waals surface area contributed by atoms with Crippen molar-refractivity contribution in [1.29, 1.82) is 0 Å². The van der Waals surface area contributed by atoms with Gasteiger partial charge in [-0.2, -0.15) is 11.8 Å². The molecule has 16 heavy (non-hydrogen) atoms. The predicted molar refractivity (Wildman–Crippen MR) is 67.6 cm³/mol. The highest BCUT2D eigenvalue weighted by Crippen LogP contribution is 2.20. The van der Waals surface area contributed by atoms with Crippen molar-refractivity contribution in [3.63, 3.8) is 0 Å². The van der Waals surface area contributed by atoms with Crippen LogP contribution < -0.4 is 5.73 Å². The third-order valence-electron chi connectivity index (χ3n) is 2.77. The van der Waals surface area contributed by atoms with Gasteiger partial charge in [0, 0.05) is 37.3 Å². The standard InChI is InChI=1S/C11H17N3OS/c1-8-6-14(3-4-16-8)11(15)10-5-9(12)7-13(10)2/h5,7-8H,3-4,6,12H2,1-2H3. The van der Waals surface area contributed by atoms with Gasteiger partial charge in [-0.25, -0.2) is 0 Å². The smallest absolute Gasteiger partial charge is 0.270 e. The number of thioether (sulfide) groups is 1. The number of nitrogen functional groups attached to an aromatic ring is 1. The Morgan fingerprint density at radius 1 is 1.62 bits per heavy atom. The van der Waals surface area contributed by atoms with E-state index in [-0.39, 0.29) is 5.91 Å². The van der Waals surface area contributed by atoms with E-state index in [1.165, 1.54) is 0 Å². The van der Waals surface area contributed by atoms with Gasteiger partial charge in [0.2, 0.25) is 0 Å². The third-order valence-corrected chi connectivity index (χ3v) is 3.91. The number of aryl methyl sites for hydroxylation is 1. The molecule has 1 fully saturated rings. The summed E-state index contributed by atoms with van der Waals surface area (Å²) in [5.41, 5.74) is 7.00. The third kappa shape index (κ3) is 2.19. The SMILES string of the molecule is CC1CN(C(=O)c2cc(N)cn2C)CCS1. The molecule has 1 atom stereocenters. The van der Waals surface area contributed by atoms with E-state index in [4.69, 9.17) is 5.73 Å². The van der Waals surface area contributed by atoms with E-state index in [0.29, 0.717) is 16.6 Å². The van der Waals surface area contributed by atoms with Crippen molar-refractivity contribution in [2.75, 3.05) is 24.6 Å². The summed E-state index contributed by atoms with van der Waals surface area (Å²) in [6, 6.07) is 1.74. The molecule has 0 aromatic carbocycles. The van der Waals surface area contributed by atoms with E-state index in [1.807, 2.05) is 23.7 Å². The van der Waals surface area contributed by atoms with Gasteiger partial charge in [-0.1, -0.05) is 6.92 Å². The lowest BCUT2D eigenvalue weighted by Gasteiger charge is -2.30. The minimum Gasteiger partial charge on any atom is -0.397 e. The van der Waals surface area contributed by atoms with Crippen molar-refractivity contribution < 1.29 is 4.79 Å². The van der Waals surface area contributed by atoms with Crippen LogP contribution in [0.2, 0.25) is 0 Å². The number of nitrogens with two attached hydrogens (primary N) is 1. The molecule has 0 radical (unpaired) electrons. The van der Waals surface area contributed by atoms with E-state index in [9.17, 15) is 4.79 Å². The average molecular weight is 239 g/mol. The predicted octanol–water partition coefficient (Wildman–Crippen LogP) is 1.18. The van der Waals surface area contributed by atoms with Crippen LogP contribution in [0.5, 0.6) is 0 Å². The maximum absolute atomic E-state index is 12.2. The topological polar surface area (TPSA) is 51.3 Å². The first-order valence-electron chi connectivity index (χ1n) is 5.40. The van der Waals surface area contributed by atoms with Gasteiger partial charge in [-0.05, 0) is 6.07 Å². The molecule has 0 bridgehead atoms. The van der Waals surface area contributed by atoms with Crippen LogP contribution in [-0.2, 0) is 7.05 Å². The highest BCUT2D eigenvalue weighted by Gasteiger charge is 2.24. The van der Waals surface area contributed by atoms with Crippen LogP contribution in [0.4, 0.5) is 5.69 Å². The highest BCUT2D eigenvalue weighted by molar-refractivity contribution is 7.99. The fraction of sp³-hybridized carbons (Fsp3) is 0.545. The second-order valence-corrected chi connectivity index (χ2v) is 5.75. The molecule has 1 aromatic heterocycles. The second kappa shape index (κ2) is 4.41. The summed E-state index contributed by atoms with van der Waals surface area (Å²) >= 11 is 1.92. The zero-order valence-corrected chi connectivity index (χ0v) is 10.5. The molecule has 1 aliphatic heterocycles. The number of amides is 1. The van der Waals surface area contributed by atoms with E-state index < -0.39 is 0 Å². The Morgan fingerprint density at radius 2 is 2.38 bits per heavy atom. The van der Waals surface area contributed by atoms with Gasteiger partial charge in [-0.15, -0.1) is 0 Å². The summed E-state index contributed by atoms with van der Waals surface area (Å²) in [7, 11) is 1.85. The van der Waals surface area contributed by atoms with Crippen LogP contribution >= 0.6 is 11.8 Å². The molecular formula is C11H17N3OS. The zero-order chi connectivity index (χ0) is 11.7. The summed E-state index contributed by atoms with van der Waals surface area (Å²) in [5.74, 6) is 1.11. The van der Waals surface area contributed by atoms with Gasteiger partial charge in [0.1, 0.15) is 5.69 Å². The van der Waals surface area contributed by atoms with E-state index in [2.05, 4.69) is 6.92 Å². The minimum absolute atomic E-state index is 0.0892. The van der Waals surface area contributed by atoms with Crippen molar-refractivity contribution in [3.05, 3.63) is 18.0 Å². The molecule has 1 amide bonds. The van der Waals surface area contributed by atoms with Crippen molar-refractivity contribution in [1.82, 2.24) is 9.47 Å². The zero-order valence-electron chi connectivity index (χ0n) is 9.64. The average Bonchev–Trinajstić information content (AvgIpc) is 2.57. The van der Waals surface area contributed by atoms with Gasteiger partial charge in [0.25, 0.3) is 5.91 Å². The molecule has 88 valence electrons.